The van der Waals surface area contributed by atoms with E-state index in [1.165, 1.54) is 17.4 Å². The Morgan fingerprint density at radius 1 is 1.50 bits per heavy atom. The summed E-state index contributed by atoms with van der Waals surface area (Å²) in [6.07, 6.45) is 0. The molecule has 0 unspecified atom stereocenters. The molecule has 0 fully saturated rings. The van der Waals surface area contributed by atoms with Crippen molar-refractivity contribution in [2.75, 3.05) is 13.1 Å². The Morgan fingerprint density at radius 2 is 2.17 bits per heavy atom. The third-order valence-electron chi connectivity index (χ3n) is 2.23. The summed E-state index contributed by atoms with van der Waals surface area (Å²) < 4.78 is 0. The number of carbonyl (C=O) groups excluding carboxylic acids is 2. The molecule has 1 aromatic heterocycles. The van der Waals surface area contributed by atoms with Crippen LogP contribution in [-0.4, -0.2) is 30.9 Å². The van der Waals surface area contributed by atoms with Crippen LogP contribution in [0.25, 0.3) is 0 Å². The lowest BCUT2D eigenvalue weighted by Gasteiger charge is -2.12. The minimum Gasteiger partial charge on any atom is -0.366 e. The maximum atomic E-state index is 11.7. The van der Waals surface area contributed by atoms with Crippen LogP contribution in [0.15, 0.2) is 11.4 Å². The number of hydrogen-bond acceptors (Lipinski definition) is 4. The van der Waals surface area contributed by atoms with Gasteiger partial charge >= 0.3 is 0 Å². The van der Waals surface area contributed by atoms with Crippen LogP contribution >= 0.6 is 23.7 Å². The molecule has 1 atom stereocenters. The van der Waals surface area contributed by atoms with Gasteiger partial charge in [0.15, 0.2) is 0 Å². The summed E-state index contributed by atoms with van der Waals surface area (Å²) in [5.41, 5.74) is 5.49. The van der Waals surface area contributed by atoms with Gasteiger partial charge in [-0.2, -0.15) is 0 Å². The highest BCUT2D eigenvalue weighted by Crippen LogP contribution is 2.13. The van der Waals surface area contributed by atoms with E-state index in [1.807, 2.05) is 13.8 Å². The van der Waals surface area contributed by atoms with Gasteiger partial charge in [0.1, 0.15) is 0 Å². The molecule has 4 N–H and O–H groups in total. The number of rotatable bonds is 6. The monoisotopic (exact) mass is 291 g/mol. The Bertz CT molecular complexity index is 409. The predicted octanol–water partition coefficient (Wildman–Crippen LogP) is 0.997. The van der Waals surface area contributed by atoms with Crippen molar-refractivity contribution in [2.24, 2.45) is 5.73 Å². The van der Waals surface area contributed by atoms with E-state index in [1.54, 1.807) is 5.38 Å². The number of amides is 2. The van der Waals surface area contributed by atoms with Crippen LogP contribution < -0.4 is 16.4 Å². The summed E-state index contributed by atoms with van der Waals surface area (Å²) in [5.74, 6) is -0.687. The van der Waals surface area contributed by atoms with Crippen molar-refractivity contribution in [3.8, 4) is 0 Å². The van der Waals surface area contributed by atoms with Gasteiger partial charge in [-0.15, -0.1) is 23.7 Å². The van der Waals surface area contributed by atoms with E-state index in [0.29, 0.717) is 17.0 Å². The van der Waals surface area contributed by atoms with E-state index in [0.717, 1.165) is 6.54 Å². The number of thiophene rings is 1. The average Bonchev–Trinajstić information content (AvgIpc) is 2.75. The molecule has 0 radical (unpaired) electrons. The van der Waals surface area contributed by atoms with Gasteiger partial charge in [-0.05, 0) is 19.5 Å². The molecule has 0 spiro atoms. The second kappa shape index (κ2) is 8.07. The first-order valence-electron chi connectivity index (χ1n) is 5.44. The standard InChI is InChI=1S/C11H17N3O2S.ClH/c1-3-13-7(2)5-14-11(16)9-4-8(6-17-9)10(12)15;/h4,6-7,13H,3,5H2,1-2H3,(H2,12,15)(H,14,16);1H/t7-;/m1./s1. The lowest BCUT2D eigenvalue weighted by molar-refractivity contribution is 0.0954. The lowest BCUT2D eigenvalue weighted by Crippen LogP contribution is -2.38. The number of nitrogens with one attached hydrogen (secondary N) is 2. The fraction of sp³-hybridized carbons (Fsp3) is 0.455. The highest BCUT2D eigenvalue weighted by Gasteiger charge is 2.12. The summed E-state index contributed by atoms with van der Waals surface area (Å²) in [7, 11) is 0. The van der Waals surface area contributed by atoms with Crippen LogP contribution in [0.2, 0.25) is 0 Å². The average molecular weight is 292 g/mol. The Hall–Kier alpha value is -1.11. The molecule has 0 aromatic carbocycles. The molecule has 0 aliphatic carbocycles. The maximum absolute atomic E-state index is 11.7. The Balaban J connectivity index is 0.00000289. The van der Waals surface area contributed by atoms with Crippen LogP contribution in [0, 0.1) is 0 Å². The summed E-state index contributed by atoms with van der Waals surface area (Å²) >= 11 is 1.22. The van der Waals surface area contributed by atoms with Crippen molar-refractivity contribution < 1.29 is 9.59 Å². The Labute approximate surface area is 117 Å². The third-order valence-corrected chi connectivity index (χ3v) is 3.16. The second-order valence-electron chi connectivity index (χ2n) is 3.73. The lowest BCUT2D eigenvalue weighted by atomic mass is 10.3. The van der Waals surface area contributed by atoms with Crippen molar-refractivity contribution in [3.63, 3.8) is 0 Å². The van der Waals surface area contributed by atoms with E-state index in [-0.39, 0.29) is 24.4 Å². The predicted molar refractivity (Wildman–Crippen MR) is 75.6 cm³/mol. The SMILES string of the molecule is CCN[C@H](C)CNC(=O)c1cc(C(N)=O)cs1.Cl. The van der Waals surface area contributed by atoms with Gasteiger partial charge in [0.25, 0.3) is 5.91 Å². The molecule has 1 aromatic rings. The van der Waals surface area contributed by atoms with E-state index in [9.17, 15) is 9.59 Å². The summed E-state index contributed by atoms with van der Waals surface area (Å²) in [4.78, 5) is 23.1. The van der Waals surface area contributed by atoms with Gasteiger partial charge in [0.2, 0.25) is 5.91 Å². The molecule has 5 nitrogen and oxygen atoms in total. The first kappa shape index (κ1) is 16.9. The highest BCUT2D eigenvalue weighted by molar-refractivity contribution is 7.12. The van der Waals surface area contributed by atoms with E-state index in [4.69, 9.17) is 5.73 Å². The second-order valence-corrected chi connectivity index (χ2v) is 4.64. The summed E-state index contributed by atoms with van der Waals surface area (Å²) in [6.45, 7) is 5.42. The molecule has 0 aliphatic rings. The normalized spacial score (nSPS) is 11.4. The van der Waals surface area contributed by atoms with Gasteiger partial charge in [-0.1, -0.05) is 6.92 Å². The number of hydrogen-bond donors (Lipinski definition) is 3. The zero-order valence-electron chi connectivity index (χ0n) is 10.4. The number of carbonyl (C=O) groups is 2. The topological polar surface area (TPSA) is 84.2 Å². The number of nitrogens with two attached hydrogens (primary N) is 1. The Kier molecular flexibility index (Phi) is 7.58. The molecule has 1 heterocycles. The van der Waals surface area contributed by atoms with Gasteiger partial charge in [0, 0.05) is 18.0 Å². The first-order chi connectivity index (χ1) is 8.04. The molecule has 0 saturated heterocycles. The fourth-order valence-corrected chi connectivity index (χ4v) is 2.15. The molecule has 0 saturated carbocycles. The zero-order chi connectivity index (χ0) is 12.8. The molecule has 18 heavy (non-hydrogen) atoms. The fourth-order valence-electron chi connectivity index (χ4n) is 1.34. The van der Waals surface area contributed by atoms with E-state index < -0.39 is 5.91 Å². The van der Waals surface area contributed by atoms with Crippen LogP contribution in [-0.2, 0) is 0 Å². The highest BCUT2D eigenvalue weighted by atomic mass is 35.5. The van der Waals surface area contributed by atoms with Crippen LogP contribution in [0.5, 0.6) is 0 Å². The van der Waals surface area contributed by atoms with Gasteiger partial charge in [-0.3, -0.25) is 9.59 Å². The molecule has 0 aliphatic heterocycles. The molecular weight excluding hydrogens is 274 g/mol. The van der Waals surface area contributed by atoms with Crippen molar-refractivity contribution in [1.29, 1.82) is 0 Å². The Morgan fingerprint density at radius 3 is 2.67 bits per heavy atom. The van der Waals surface area contributed by atoms with Crippen LogP contribution in [0.3, 0.4) is 0 Å². The summed E-state index contributed by atoms with van der Waals surface area (Å²) in [6, 6.07) is 1.74. The van der Waals surface area contributed by atoms with Gasteiger partial charge in [-0.25, -0.2) is 0 Å². The van der Waals surface area contributed by atoms with E-state index >= 15 is 0 Å². The quantitative estimate of drug-likeness (QED) is 0.731. The molecule has 102 valence electrons. The number of halogens is 1. The minimum atomic E-state index is -0.513. The van der Waals surface area contributed by atoms with Crippen LogP contribution in [0.4, 0.5) is 0 Å². The van der Waals surface area contributed by atoms with Gasteiger partial charge < -0.3 is 16.4 Å². The number of likely N-dealkylation sites (N-methyl/N-ethyl adjacent to an activating group) is 1. The van der Waals surface area contributed by atoms with Gasteiger partial charge in [0.05, 0.1) is 10.4 Å². The largest absolute Gasteiger partial charge is 0.366 e. The number of primary amides is 1. The molecule has 7 heteroatoms. The van der Waals surface area contributed by atoms with E-state index in [2.05, 4.69) is 10.6 Å². The van der Waals surface area contributed by atoms with Crippen LogP contribution in [0.1, 0.15) is 33.9 Å². The smallest absolute Gasteiger partial charge is 0.261 e. The molecule has 2 amide bonds. The molecule has 0 bridgehead atoms. The van der Waals surface area contributed by atoms with Crippen molar-refractivity contribution in [2.45, 2.75) is 19.9 Å². The third kappa shape index (κ3) is 5.03. The first-order valence-corrected chi connectivity index (χ1v) is 6.32. The zero-order valence-corrected chi connectivity index (χ0v) is 12.0. The minimum absolute atomic E-state index is 0. The molecule has 1 rings (SSSR count). The van der Waals surface area contributed by atoms with Crippen molar-refractivity contribution in [1.82, 2.24) is 10.6 Å². The molecular formula is C11H18ClN3O2S. The van der Waals surface area contributed by atoms with Crippen molar-refractivity contribution >= 4 is 35.6 Å². The van der Waals surface area contributed by atoms with Crippen molar-refractivity contribution in [3.05, 3.63) is 21.9 Å². The maximum Gasteiger partial charge on any atom is 0.261 e. The summed E-state index contributed by atoms with van der Waals surface area (Å²) in [5, 5.41) is 7.57.